The summed E-state index contributed by atoms with van der Waals surface area (Å²) in [4.78, 5) is 0.221. The summed E-state index contributed by atoms with van der Waals surface area (Å²) in [5.41, 5.74) is 6.20. The summed E-state index contributed by atoms with van der Waals surface area (Å²) >= 11 is 0. The van der Waals surface area contributed by atoms with Crippen LogP contribution in [0.15, 0.2) is 23.1 Å². The Morgan fingerprint density at radius 2 is 2.00 bits per heavy atom. The molecule has 6 heteroatoms. The van der Waals surface area contributed by atoms with Crippen LogP contribution < -0.4 is 10.5 Å². The zero-order chi connectivity index (χ0) is 12.3. The van der Waals surface area contributed by atoms with Gasteiger partial charge in [-0.15, -0.1) is 0 Å². The molecule has 90 valence electrons. The molecule has 5 nitrogen and oxygen atoms in total. The van der Waals surface area contributed by atoms with Gasteiger partial charge in [-0.3, -0.25) is 0 Å². The Kier molecular flexibility index (Phi) is 3.90. The van der Waals surface area contributed by atoms with E-state index in [1.54, 1.807) is 6.07 Å². The quantitative estimate of drug-likeness (QED) is 0.832. The highest BCUT2D eigenvalue weighted by molar-refractivity contribution is 7.89. The second kappa shape index (κ2) is 4.82. The largest absolute Gasteiger partial charge is 0.496 e. The fourth-order valence-electron chi connectivity index (χ4n) is 1.29. The number of nitrogens with two attached hydrogens (primary N) is 1. The molecule has 0 aliphatic rings. The molecule has 1 rings (SSSR count). The molecule has 1 aromatic carbocycles. The Labute approximate surface area is 95.9 Å². The smallest absolute Gasteiger partial charge is 0.242 e. The first-order valence-corrected chi connectivity index (χ1v) is 6.17. The van der Waals surface area contributed by atoms with Crippen LogP contribution in [0.4, 0.5) is 0 Å². The number of rotatable bonds is 4. The molecule has 0 radical (unpaired) electrons. The summed E-state index contributed by atoms with van der Waals surface area (Å²) in [5.74, 6) is 0.597. The Bertz CT molecular complexity index is 469. The Morgan fingerprint density at radius 3 is 2.44 bits per heavy atom. The number of ether oxygens (including phenoxy) is 1. The van der Waals surface area contributed by atoms with Crippen molar-refractivity contribution < 1.29 is 13.2 Å². The molecule has 0 bridgehead atoms. The molecular weight excluding hydrogens is 228 g/mol. The van der Waals surface area contributed by atoms with Gasteiger partial charge in [0, 0.05) is 26.2 Å². The van der Waals surface area contributed by atoms with Crippen LogP contribution in [-0.2, 0) is 16.6 Å². The molecule has 2 N–H and O–H groups in total. The van der Waals surface area contributed by atoms with Crippen LogP contribution >= 0.6 is 0 Å². The van der Waals surface area contributed by atoms with Crippen LogP contribution in [0.1, 0.15) is 5.56 Å². The highest BCUT2D eigenvalue weighted by atomic mass is 32.2. The molecule has 0 fully saturated rings. The Morgan fingerprint density at radius 1 is 1.38 bits per heavy atom. The normalized spacial score (nSPS) is 11.8. The maximum absolute atomic E-state index is 11.8. The van der Waals surface area contributed by atoms with E-state index in [9.17, 15) is 8.42 Å². The SMILES string of the molecule is COc1ccc(S(=O)(=O)N(C)C)cc1CN. The van der Waals surface area contributed by atoms with E-state index >= 15 is 0 Å². The van der Waals surface area contributed by atoms with Crippen LogP contribution in [-0.4, -0.2) is 33.9 Å². The molecule has 1 aromatic rings. The van der Waals surface area contributed by atoms with Crippen molar-refractivity contribution in [2.75, 3.05) is 21.2 Å². The van der Waals surface area contributed by atoms with Gasteiger partial charge in [0.1, 0.15) is 5.75 Å². The molecule has 16 heavy (non-hydrogen) atoms. The third-order valence-corrected chi connectivity index (χ3v) is 4.06. The van der Waals surface area contributed by atoms with E-state index in [2.05, 4.69) is 0 Å². The van der Waals surface area contributed by atoms with Crippen molar-refractivity contribution in [3.8, 4) is 5.75 Å². The molecular formula is C10H16N2O3S. The number of hydrogen-bond acceptors (Lipinski definition) is 4. The van der Waals surface area contributed by atoms with Crippen molar-refractivity contribution in [3.05, 3.63) is 23.8 Å². The lowest BCUT2D eigenvalue weighted by molar-refractivity contribution is 0.409. The predicted octanol–water partition coefficient (Wildman–Crippen LogP) is 0.404. The van der Waals surface area contributed by atoms with E-state index in [-0.39, 0.29) is 11.4 Å². The molecule has 0 heterocycles. The average molecular weight is 244 g/mol. The molecule has 0 aliphatic carbocycles. The van der Waals surface area contributed by atoms with Gasteiger partial charge in [0.05, 0.1) is 12.0 Å². The van der Waals surface area contributed by atoms with Gasteiger partial charge < -0.3 is 10.5 Å². The van der Waals surface area contributed by atoms with Crippen molar-refractivity contribution >= 4 is 10.0 Å². The van der Waals surface area contributed by atoms with Gasteiger partial charge in [-0.2, -0.15) is 0 Å². The Balaban J connectivity index is 3.29. The van der Waals surface area contributed by atoms with Gasteiger partial charge >= 0.3 is 0 Å². The summed E-state index contributed by atoms with van der Waals surface area (Å²) in [5, 5.41) is 0. The van der Waals surface area contributed by atoms with Crippen molar-refractivity contribution in [1.29, 1.82) is 0 Å². The van der Waals surface area contributed by atoms with Gasteiger partial charge in [-0.1, -0.05) is 0 Å². The van der Waals surface area contributed by atoms with Crippen LogP contribution in [0.5, 0.6) is 5.75 Å². The summed E-state index contributed by atoms with van der Waals surface area (Å²) in [7, 11) is 1.09. The molecule has 0 atom stereocenters. The fourth-order valence-corrected chi connectivity index (χ4v) is 2.24. The molecule has 0 saturated heterocycles. The number of nitrogens with zero attached hydrogens (tertiary/aromatic N) is 1. The third kappa shape index (κ3) is 2.34. The predicted molar refractivity (Wildman–Crippen MR) is 61.8 cm³/mol. The highest BCUT2D eigenvalue weighted by Gasteiger charge is 2.18. The maximum Gasteiger partial charge on any atom is 0.242 e. The van der Waals surface area contributed by atoms with Gasteiger partial charge in [0.2, 0.25) is 10.0 Å². The number of hydrogen-bond donors (Lipinski definition) is 1. The van der Waals surface area contributed by atoms with E-state index in [4.69, 9.17) is 10.5 Å². The summed E-state index contributed by atoms with van der Waals surface area (Å²) in [6.07, 6.45) is 0. The molecule has 0 aliphatic heterocycles. The lowest BCUT2D eigenvalue weighted by Gasteiger charge is -2.13. The maximum atomic E-state index is 11.8. The zero-order valence-electron chi connectivity index (χ0n) is 9.60. The van der Waals surface area contributed by atoms with Crippen LogP contribution in [0.2, 0.25) is 0 Å². The first kappa shape index (κ1) is 13.0. The summed E-state index contributed by atoms with van der Waals surface area (Å²) < 4.78 is 29.9. The van der Waals surface area contributed by atoms with Crippen molar-refractivity contribution in [2.24, 2.45) is 5.73 Å². The van der Waals surface area contributed by atoms with Gasteiger partial charge in [-0.25, -0.2) is 12.7 Å². The molecule has 0 amide bonds. The monoisotopic (exact) mass is 244 g/mol. The van der Waals surface area contributed by atoms with Crippen LogP contribution in [0.3, 0.4) is 0 Å². The minimum absolute atomic E-state index is 0.221. The lowest BCUT2D eigenvalue weighted by Crippen LogP contribution is -2.22. The van der Waals surface area contributed by atoms with Crippen molar-refractivity contribution in [2.45, 2.75) is 11.4 Å². The first-order valence-electron chi connectivity index (χ1n) is 4.73. The van der Waals surface area contributed by atoms with E-state index in [0.717, 1.165) is 4.31 Å². The second-order valence-electron chi connectivity index (χ2n) is 3.47. The number of methoxy groups -OCH3 is 1. The highest BCUT2D eigenvalue weighted by Crippen LogP contribution is 2.23. The van der Waals surface area contributed by atoms with E-state index in [1.165, 1.54) is 33.3 Å². The second-order valence-corrected chi connectivity index (χ2v) is 5.62. The molecule has 0 spiro atoms. The lowest BCUT2D eigenvalue weighted by atomic mass is 10.2. The van der Waals surface area contributed by atoms with Gasteiger partial charge in [-0.05, 0) is 18.2 Å². The first-order chi connectivity index (χ1) is 7.43. The average Bonchev–Trinajstić information content (AvgIpc) is 2.27. The van der Waals surface area contributed by atoms with Crippen LogP contribution in [0.25, 0.3) is 0 Å². The summed E-state index contributed by atoms with van der Waals surface area (Å²) in [6, 6.07) is 4.65. The molecule has 0 unspecified atom stereocenters. The number of sulfonamides is 1. The topological polar surface area (TPSA) is 72.6 Å². The van der Waals surface area contributed by atoms with Crippen molar-refractivity contribution in [1.82, 2.24) is 4.31 Å². The minimum atomic E-state index is -3.41. The number of benzene rings is 1. The van der Waals surface area contributed by atoms with Crippen LogP contribution in [0, 0.1) is 0 Å². The minimum Gasteiger partial charge on any atom is -0.496 e. The zero-order valence-corrected chi connectivity index (χ0v) is 10.4. The summed E-state index contributed by atoms with van der Waals surface area (Å²) in [6.45, 7) is 0.236. The van der Waals surface area contributed by atoms with Gasteiger partial charge in [0.25, 0.3) is 0 Å². The van der Waals surface area contributed by atoms with Gasteiger partial charge in [0.15, 0.2) is 0 Å². The van der Waals surface area contributed by atoms with E-state index < -0.39 is 10.0 Å². The third-order valence-electron chi connectivity index (χ3n) is 2.25. The molecule has 0 saturated carbocycles. The van der Waals surface area contributed by atoms with Crippen molar-refractivity contribution in [3.63, 3.8) is 0 Å². The Hall–Kier alpha value is -1.11. The standard InChI is InChI=1S/C10H16N2O3S/c1-12(2)16(13,14)9-4-5-10(15-3)8(6-9)7-11/h4-6H,7,11H2,1-3H3. The van der Waals surface area contributed by atoms with E-state index in [1.807, 2.05) is 0 Å². The van der Waals surface area contributed by atoms with E-state index in [0.29, 0.717) is 11.3 Å². The fraction of sp³-hybridized carbons (Fsp3) is 0.400. The molecule has 0 aromatic heterocycles.